The Labute approximate surface area is 152 Å². The number of carbonyl (C=O) groups is 1. The zero-order valence-electron chi connectivity index (χ0n) is 12.8. The van der Waals surface area contributed by atoms with Crippen molar-refractivity contribution < 1.29 is 4.79 Å². The average molecular weight is 382 g/mol. The van der Waals surface area contributed by atoms with Crippen LogP contribution in [0.25, 0.3) is 11.0 Å². The van der Waals surface area contributed by atoms with Crippen molar-refractivity contribution in [2.24, 2.45) is 7.05 Å². The van der Waals surface area contributed by atoms with Gasteiger partial charge in [-0.2, -0.15) is 5.10 Å². The molecule has 3 rings (SSSR count). The van der Waals surface area contributed by atoms with Gasteiger partial charge in [0.15, 0.2) is 5.65 Å². The van der Waals surface area contributed by atoms with Gasteiger partial charge < -0.3 is 5.32 Å². The predicted molar refractivity (Wildman–Crippen MR) is 96.7 cm³/mol. The number of carbonyl (C=O) groups excluding carboxylic acids is 1. The number of anilines is 1. The van der Waals surface area contributed by atoms with E-state index in [1.165, 1.54) is 18.1 Å². The molecule has 0 saturated carbocycles. The van der Waals surface area contributed by atoms with Crippen molar-refractivity contribution in [3.8, 4) is 0 Å². The first-order valence-corrected chi connectivity index (χ1v) is 8.64. The molecule has 3 aromatic rings. The molecule has 24 heavy (non-hydrogen) atoms. The molecule has 0 aliphatic rings. The number of hydrogen-bond acceptors (Lipinski definition) is 5. The molecule has 0 aliphatic carbocycles. The van der Waals surface area contributed by atoms with Crippen LogP contribution in [0.3, 0.4) is 0 Å². The molecular formula is C15H13Cl2N5OS. The number of aromatic nitrogens is 4. The highest BCUT2D eigenvalue weighted by atomic mass is 35.5. The van der Waals surface area contributed by atoms with Gasteiger partial charge in [-0.25, -0.2) is 9.97 Å². The molecule has 1 aromatic carbocycles. The van der Waals surface area contributed by atoms with Gasteiger partial charge in [-0.15, -0.1) is 0 Å². The van der Waals surface area contributed by atoms with E-state index < -0.39 is 0 Å². The smallest absolute Gasteiger partial charge is 0.237 e. The van der Waals surface area contributed by atoms with Gasteiger partial charge >= 0.3 is 0 Å². The number of thioether (sulfide) groups is 1. The van der Waals surface area contributed by atoms with Crippen LogP contribution in [0.5, 0.6) is 0 Å². The third kappa shape index (κ3) is 3.48. The summed E-state index contributed by atoms with van der Waals surface area (Å²) < 4.78 is 1.67. The molecule has 1 unspecified atom stereocenters. The summed E-state index contributed by atoms with van der Waals surface area (Å²) >= 11 is 13.3. The largest absolute Gasteiger partial charge is 0.324 e. The van der Waals surface area contributed by atoms with Gasteiger partial charge in [-0.1, -0.05) is 35.0 Å². The summed E-state index contributed by atoms with van der Waals surface area (Å²) in [5.74, 6) is -0.181. The maximum Gasteiger partial charge on any atom is 0.237 e. The number of fused-ring (bicyclic) bond motifs is 1. The Morgan fingerprint density at radius 2 is 2.12 bits per heavy atom. The topological polar surface area (TPSA) is 72.7 Å². The number of benzene rings is 1. The molecule has 124 valence electrons. The van der Waals surface area contributed by atoms with Crippen LogP contribution in [0.1, 0.15) is 6.92 Å². The summed E-state index contributed by atoms with van der Waals surface area (Å²) in [7, 11) is 1.81. The molecule has 0 spiro atoms. The summed E-state index contributed by atoms with van der Waals surface area (Å²) in [6.07, 6.45) is 3.16. The normalized spacial score (nSPS) is 12.3. The predicted octanol–water partition coefficient (Wildman–Crippen LogP) is 3.79. The molecule has 6 nitrogen and oxygen atoms in total. The lowest BCUT2D eigenvalue weighted by Gasteiger charge is -2.13. The Morgan fingerprint density at radius 3 is 2.88 bits per heavy atom. The van der Waals surface area contributed by atoms with E-state index >= 15 is 0 Å². The van der Waals surface area contributed by atoms with Gasteiger partial charge in [-0.3, -0.25) is 9.48 Å². The second-order valence-corrected chi connectivity index (χ2v) is 7.23. The number of nitrogens with zero attached hydrogens (tertiary/aromatic N) is 4. The van der Waals surface area contributed by atoms with Crippen LogP contribution >= 0.6 is 35.0 Å². The Kier molecular flexibility index (Phi) is 4.93. The molecule has 2 heterocycles. The highest BCUT2D eigenvalue weighted by molar-refractivity contribution is 8.00. The Bertz CT molecular complexity index is 914. The van der Waals surface area contributed by atoms with E-state index in [9.17, 15) is 4.79 Å². The monoisotopic (exact) mass is 381 g/mol. The molecular weight excluding hydrogens is 369 g/mol. The van der Waals surface area contributed by atoms with Crippen molar-refractivity contribution in [3.05, 3.63) is 40.8 Å². The van der Waals surface area contributed by atoms with Crippen molar-refractivity contribution in [1.82, 2.24) is 19.7 Å². The second kappa shape index (κ2) is 6.96. The van der Waals surface area contributed by atoms with E-state index in [0.29, 0.717) is 20.8 Å². The zero-order chi connectivity index (χ0) is 17.3. The van der Waals surface area contributed by atoms with Crippen LogP contribution in [0, 0.1) is 0 Å². The number of rotatable bonds is 4. The molecule has 0 fully saturated rings. The van der Waals surface area contributed by atoms with E-state index in [1.807, 2.05) is 7.05 Å². The lowest BCUT2D eigenvalue weighted by atomic mass is 10.3. The second-order valence-electron chi connectivity index (χ2n) is 5.06. The maximum atomic E-state index is 12.4. The van der Waals surface area contributed by atoms with Crippen LogP contribution in [0.15, 0.2) is 35.7 Å². The minimum atomic E-state index is -0.380. The first-order chi connectivity index (χ1) is 11.5. The highest BCUT2D eigenvalue weighted by Crippen LogP contribution is 2.30. The lowest BCUT2D eigenvalue weighted by molar-refractivity contribution is -0.115. The minimum absolute atomic E-state index is 0.181. The molecule has 0 radical (unpaired) electrons. The summed E-state index contributed by atoms with van der Waals surface area (Å²) in [5, 5.41) is 9.01. The third-order valence-corrected chi connectivity index (χ3v) is 5.00. The SMILES string of the molecule is CC(Sc1ncnc2c1cnn2C)C(=O)Nc1ccc(Cl)cc1Cl. The maximum absolute atomic E-state index is 12.4. The first-order valence-electron chi connectivity index (χ1n) is 7.01. The molecule has 0 aliphatic heterocycles. The molecule has 0 bridgehead atoms. The van der Waals surface area contributed by atoms with Crippen molar-refractivity contribution in [3.63, 3.8) is 0 Å². The first kappa shape index (κ1) is 17.0. The average Bonchev–Trinajstić information content (AvgIpc) is 2.92. The molecule has 1 amide bonds. The number of halogens is 2. The zero-order valence-corrected chi connectivity index (χ0v) is 15.2. The van der Waals surface area contributed by atoms with Gasteiger partial charge in [-0.05, 0) is 25.1 Å². The van der Waals surface area contributed by atoms with Crippen LogP contribution in [-0.2, 0) is 11.8 Å². The lowest BCUT2D eigenvalue weighted by Crippen LogP contribution is -2.22. The Morgan fingerprint density at radius 1 is 1.33 bits per heavy atom. The molecule has 1 atom stereocenters. The number of hydrogen-bond donors (Lipinski definition) is 1. The fourth-order valence-electron chi connectivity index (χ4n) is 2.08. The van der Waals surface area contributed by atoms with E-state index in [-0.39, 0.29) is 11.2 Å². The van der Waals surface area contributed by atoms with Crippen LogP contribution < -0.4 is 5.32 Å². The Balaban J connectivity index is 1.76. The quantitative estimate of drug-likeness (QED) is 0.549. The highest BCUT2D eigenvalue weighted by Gasteiger charge is 2.19. The number of amides is 1. The molecule has 2 aromatic heterocycles. The van der Waals surface area contributed by atoms with Crippen LogP contribution in [-0.4, -0.2) is 30.9 Å². The van der Waals surface area contributed by atoms with E-state index in [0.717, 1.165) is 11.0 Å². The fourth-order valence-corrected chi connectivity index (χ4v) is 3.42. The standard InChI is InChI=1S/C15H13Cl2N5OS/c1-8(14(23)21-12-4-3-9(16)5-11(12)17)24-15-10-6-20-22(2)13(10)18-7-19-15/h3-8H,1-2H3,(H,21,23). The van der Waals surface area contributed by atoms with E-state index in [1.54, 1.807) is 36.0 Å². The van der Waals surface area contributed by atoms with Crippen LogP contribution in [0.4, 0.5) is 5.69 Å². The fraction of sp³-hybridized carbons (Fsp3) is 0.200. The summed E-state index contributed by atoms with van der Waals surface area (Å²) in [6, 6.07) is 4.93. The summed E-state index contributed by atoms with van der Waals surface area (Å²) in [5.41, 5.74) is 1.24. The molecule has 0 saturated heterocycles. The summed E-state index contributed by atoms with van der Waals surface area (Å²) in [6.45, 7) is 1.80. The minimum Gasteiger partial charge on any atom is -0.324 e. The number of aryl methyl sites for hydroxylation is 1. The molecule has 9 heteroatoms. The van der Waals surface area contributed by atoms with E-state index in [4.69, 9.17) is 23.2 Å². The van der Waals surface area contributed by atoms with E-state index in [2.05, 4.69) is 20.4 Å². The van der Waals surface area contributed by atoms with Gasteiger partial charge in [0.1, 0.15) is 11.4 Å². The van der Waals surface area contributed by atoms with Crippen molar-refractivity contribution in [2.75, 3.05) is 5.32 Å². The Hall–Kier alpha value is -1.83. The van der Waals surface area contributed by atoms with Crippen molar-refractivity contribution in [2.45, 2.75) is 17.2 Å². The number of nitrogens with one attached hydrogen (secondary N) is 1. The summed E-state index contributed by atoms with van der Waals surface area (Å²) in [4.78, 5) is 20.8. The van der Waals surface area contributed by atoms with Gasteiger partial charge in [0.05, 0.1) is 27.5 Å². The van der Waals surface area contributed by atoms with Gasteiger partial charge in [0.25, 0.3) is 0 Å². The third-order valence-electron chi connectivity index (χ3n) is 3.34. The van der Waals surface area contributed by atoms with Crippen LogP contribution in [0.2, 0.25) is 10.0 Å². The van der Waals surface area contributed by atoms with Gasteiger partial charge in [0, 0.05) is 12.1 Å². The van der Waals surface area contributed by atoms with Gasteiger partial charge in [0.2, 0.25) is 5.91 Å². The van der Waals surface area contributed by atoms with Crippen molar-refractivity contribution >= 4 is 57.6 Å². The van der Waals surface area contributed by atoms with Crippen molar-refractivity contribution in [1.29, 1.82) is 0 Å². The molecule has 1 N–H and O–H groups in total.